The van der Waals surface area contributed by atoms with Crippen molar-refractivity contribution in [3.63, 3.8) is 0 Å². The molecule has 0 saturated heterocycles. The average molecular weight is 271 g/mol. The third-order valence-corrected chi connectivity index (χ3v) is 2.99. The summed E-state index contributed by atoms with van der Waals surface area (Å²) >= 11 is 11.9. The molecule has 0 saturated carbocycles. The van der Waals surface area contributed by atoms with Crippen molar-refractivity contribution in [2.24, 2.45) is 0 Å². The number of hydrogen-bond donors (Lipinski definition) is 1. The summed E-state index contributed by atoms with van der Waals surface area (Å²) in [6.07, 6.45) is 0. The van der Waals surface area contributed by atoms with Gasteiger partial charge in [0.05, 0.1) is 15.7 Å². The van der Waals surface area contributed by atoms with Crippen LogP contribution in [-0.4, -0.2) is 4.98 Å². The first-order chi connectivity index (χ1) is 7.99. The number of aryl methyl sites for hydroxylation is 1. The first kappa shape index (κ1) is 12.1. The number of nitrogen functional groups attached to an aromatic ring is 1. The fourth-order valence-corrected chi connectivity index (χ4v) is 2.02. The Bertz CT molecular complexity index is 585. The summed E-state index contributed by atoms with van der Waals surface area (Å²) in [7, 11) is 0. The van der Waals surface area contributed by atoms with E-state index < -0.39 is 0 Å². The van der Waals surface area contributed by atoms with E-state index in [1.807, 2.05) is 0 Å². The van der Waals surface area contributed by atoms with Crippen molar-refractivity contribution in [3.8, 4) is 11.3 Å². The topological polar surface area (TPSA) is 38.9 Å². The summed E-state index contributed by atoms with van der Waals surface area (Å²) in [6, 6.07) is 5.92. The third kappa shape index (κ3) is 2.35. The lowest BCUT2D eigenvalue weighted by Crippen LogP contribution is -1.96. The standard InChI is InChI=1S/C12H9Cl2FN2/c1-6-4-7(15)2-3-8(6)11-9(13)5-10(14)12(16)17-11/h2-5H,1H3,(H2,16,17). The van der Waals surface area contributed by atoms with Gasteiger partial charge >= 0.3 is 0 Å². The van der Waals surface area contributed by atoms with Gasteiger partial charge in [-0.2, -0.15) is 0 Å². The molecule has 1 heterocycles. The summed E-state index contributed by atoms with van der Waals surface area (Å²) in [5.74, 6) is -0.0981. The molecule has 88 valence electrons. The van der Waals surface area contributed by atoms with E-state index in [4.69, 9.17) is 28.9 Å². The van der Waals surface area contributed by atoms with E-state index in [1.165, 1.54) is 18.2 Å². The van der Waals surface area contributed by atoms with Crippen molar-refractivity contribution >= 4 is 29.0 Å². The summed E-state index contributed by atoms with van der Waals surface area (Å²) in [6.45, 7) is 1.78. The van der Waals surface area contributed by atoms with Crippen LogP contribution in [0, 0.1) is 12.7 Å². The van der Waals surface area contributed by atoms with Crippen LogP contribution in [0.1, 0.15) is 5.56 Å². The van der Waals surface area contributed by atoms with E-state index in [-0.39, 0.29) is 11.6 Å². The first-order valence-electron chi connectivity index (χ1n) is 4.87. The molecule has 2 nitrogen and oxygen atoms in total. The SMILES string of the molecule is Cc1cc(F)ccc1-c1nc(N)c(Cl)cc1Cl. The maximum atomic E-state index is 13.0. The van der Waals surface area contributed by atoms with Crippen molar-refractivity contribution in [1.29, 1.82) is 0 Å². The molecule has 2 rings (SSSR count). The molecule has 0 radical (unpaired) electrons. The Labute approximate surface area is 108 Å². The highest BCUT2D eigenvalue weighted by molar-refractivity contribution is 6.37. The molecule has 17 heavy (non-hydrogen) atoms. The molecule has 0 unspecified atom stereocenters. The van der Waals surface area contributed by atoms with Crippen LogP contribution in [0.5, 0.6) is 0 Å². The van der Waals surface area contributed by atoms with Crippen LogP contribution in [0.3, 0.4) is 0 Å². The highest BCUT2D eigenvalue weighted by Gasteiger charge is 2.11. The number of halogens is 3. The number of aromatic nitrogens is 1. The minimum Gasteiger partial charge on any atom is -0.382 e. The highest BCUT2D eigenvalue weighted by Crippen LogP contribution is 2.32. The Balaban J connectivity index is 2.64. The van der Waals surface area contributed by atoms with Gasteiger partial charge < -0.3 is 5.73 Å². The van der Waals surface area contributed by atoms with Crippen molar-refractivity contribution in [2.45, 2.75) is 6.92 Å². The van der Waals surface area contributed by atoms with Gasteiger partial charge in [0.15, 0.2) is 0 Å². The molecule has 2 aromatic rings. The molecule has 1 aromatic heterocycles. The van der Waals surface area contributed by atoms with Crippen LogP contribution < -0.4 is 5.73 Å². The molecule has 1 aromatic carbocycles. The molecule has 0 amide bonds. The zero-order valence-corrected chi connectivity index (χ0v) is 10.5. The van der Waals surface area contributed by atoms with E-state index in [0.29, 0.717) is 15.7 Å². The summed E-state index contributed by atoms with van der Waals surface area (Å²) in [5.41, 5.74) is 7.61. The lowest BCUT2D eigenvalue weighted by molar-refractivity contribution is 0.627. The molecule has 0 bridgehead atoms. The van der Waals surface area contributed by atoms with Crippen molar-refractivity contribution in [2.75, 3.05) is 5.73 Å². The first-order valence-corrected chi connectivity index (χ1v) is 5.62. The van der Waals surface area contributed by atoms with Crippen molar-refractivity contribution in [1.82, 2.24) is 4.98 Å². The predicted molar refractivity (Wildman–Crippen MR) is 68.8 cm³/mol. The zero-order valence-electron chi connectivity index (χ0n) is 8.97. The molecular weight excluding hydrogens is 262 g/mol. The molecule has 0 atom stereocenters. The number of nitrogens with zero attached hydrogens (tertiary/aromatic N) is 1. The van der Waals surface area contributed by atoms with Crippen molar-refractivity contribution in [3.05, 3.63) is 45.7 Å². The number of nitrogens with two attached hydrogens (primary N) is 1. The second kappa shape index (κ2) is 4.51. The van der Waals surface area contributed by atoms with Crippen LogP contribution >= 0.6 is 23.2 Å². The Kier molecular flexibility index (Phi) is 3.22. The van der Waals surface area contributed by atoms with Gasteiger partial charge in [0.25, 0.3) is 0 Å². The summed E-state index contributed by atoms with van der Waals surface area (Å²) < 4.78 is 13.0. The van der Waals surface area contributed by atoms with E-state index >= 15 is 0 Å². The van der Waals surface area contributed by atoms with Crippen LogP contribution in [0.2, 0.25) is 10.0 Å². The Morgan fingerprint density at radius 1 is 1.18 bits per heavy atom. The molecule has 5 heteroatoms. The normalized spacial score (nSPS) is 10.6. The number of anilines is 1. The van der Waals surface area contributed by atoms with Gasteiger partial charge in [0.1, 0.15) is 11.6 Å². The van der Waals surface area contributed by atoms with Gasteiger partial charge in [-0.15, -0.1) is 0 Å². The fourth-order valence-electron chi connectivity index (χ4n) is 1.56. The Morgan fingerprint density at radius 2 is 1.88 bits per heavy atom. The minimum absolute atomic E-state index is 0.204. The molecule has 0 spiro atoms. The predicted octanol–water partition coefficient (Wildman–Crippen LogP) is 4.09. The number of hydrogen-bond acceptors (Lipinski definition) is 2. The molecule has 2 N–H and O–H groups in total. The summed E-state index contributed by atoms with van der Waals surface area (Å²) in [4.78, 5) is 4.12. The molecule has 0 aliphatic carbocycles. The van der Waals surface area contributed by atoms with E-state index in [2.05, 4.69) is 4.98 Å². The molecule has 0 aliphatic rings. The summed E-state index contributed by atoms with van der Waals surface area (Å²) in [5, 5.41) is 0.692. The van der Waals surface area contributed by atoms with Crippen LogP contribution in [0.25, 0.3) is 11.3 Å². The minimum atomic E-state index is -0.302. The maximum absolute atomic E-state index is 13.0. The highest BCUT2D eigenvalue weighted by atomic mass is 35.5. The largest absolute Gasteiger partial charge is 0.382 e. The monoisotopic (exact) mass is 270 g/mol. The molecule has 0 aliphatic heterocycles. The van der Waals surface area contributed by atoms with Crippen LogP contribution in [-0.2, 0) is 0 Å². The van der Waals surface area contributed by atoms with Gasteiger partial charge in [0.2, 0.25) is 0 Å². The lowest BCUT2D eigenvalue weighted by Gasteiger charge is -2.09. The zero-order chi connectivity index (χ0) is 12.6. The van der Waals surface area contributed by atoms with E-state index in [9.17, 15) is 4.39 Å². The molecular formula is C12H9Cl2FN2. The van der Waals surface area contributed by atoms with E-state index in [0.717, 1.165) is 11.1 Å². The van der Waals surface area contributed by atoms with Crippen LogP contribution in [0.15, 0.2) is 24.3 Å². The average Bonchev–Trinajstić information content (AvgIpc) is 2.24. The second-order valence-electron chi connectivity index (χ2n) is 3.65. The van der Waals surface area contributed by atoms with E-state index in [1.54, 1.807) is 13.0 Å². The Morgan fingerprint density at radius 3 is 2.53 bits per heavy atom. The van der Waals surface area contributed by atoms with Crippen LogP contribution in [0.4, 0.5) is 10.2 Å². The smallest absolute Gasteiger partial charge is 0.143 e. The Hall–Kier alpha value is -1.32. The van der Waals surface area contributed by atoms with Gasteiger partial charge in [-0.25, -0.2) is 9.37 Å². The van der Waals surface area contributed by atoms with Gasteiger partial charge in [-0.05, 0) is 36.8 Å². The third-order valence-electron chi connectivity index (χ3n) is 2.40. The van der Waals surface area contributed by atoms with Gasteiger partial charge in [0, 0.05) is 5.56 Å². The number of pyridine rings is 1. The molecule has 0 fully saturated rings. The number of rotatable bonds is 1. The lowest BCUT2D eigenvalue weighted by atomic mass is 10.0. The second-order valence-corrected chi connectivity index (χ2v) is 4.46. The quantitative estimate of drug-likeness (QED) is 0.848. The fraction of sp³-hybridized carbons (Fsp3) is 0.0833. The van der Waals surface area contributed by atoms with Gasteiger partial charge in [-0.3, -0.25) is 0 Å². The van der Waals surface area contributed by atoms with Gasteiger partial charge in [-0.1, -0.05) is 23.2 Å². The van der Waals surface area contributed by atoms with Crippen molar-refractivity contribution < 1.29 is 4.39 Å². The maximum Gasteiger partial charge on any atom is 0.143 e. The number of benzene rings is 1.